The van der Waals surface area contributed by atoms with Crippen LogP contribution < -0.4 is 41.3 Å². The molecule has 0 fully saturated rings. The first kappa shape index (κ1) is 98.9. The van der Waals surface area contributed by atoms with Crippen LogP contribution in [-0.4, -0.2) is 139 Å². The molecule has 3 aliphatic rings. The number of nitrogens with two attached hydrogens (primary N) is 3. The minimum absolute atomic E-state index is 0.0106. The van der Waals surface area contributed by atoms with Crippen LogP contribution in [0.1, 0.15) is 40.1 Å². The van der Waals surface area contributed by atoms with Gasteiger partial charge in [-0.2, -0.15) is 62.9 Å². The molecule has 0 spiro atoms. The number of aryl methyl sites for hydroxylation is 1. The van der Waals surface area contributed by atoms with Gasteiger partial charge in [0.25, 0.3) is 6.43 Å². The normalized spacial score (nSPS) is 14.8. The third-order valence-electron chi connectivity index (χ3n) is 18.6. The Morgan fingerprint density at radius 1 is 0.523 bits per heavy atom. The van der Waals surface area contributed by atoms with Crippen molar-refractivity contribution in [1.29, 1.82) is 0 Å². The molecule has 2 unspecified atom stereocenters. The Bertz CT molecular complexity index is 6690. The predicted molar refractivity (Wildman–Crippen MR) is 448 cm³/mol. The van der Waals surface area contributed by atoms with Crippen LogP contribution in [0, 0.1) is 12.7 Å². The Balaban J connectivity index is 0.000000163. The number of methoxy groups -OCH3 is 1. The van der Waals surface area contributed by atoms with E-state index in [9.17, 15) is 110 Å². The van der Waals surface area contributed by atoms with Crippen LogP contribution in [0.15, 0.2) is 247 Å². The summed E-state index contributed by atoms with van der Waals surface area (Å²) < 4.78 is 275. The number of nitrogens with one attached hydrogen (secondary N) is 3. The van der Waals surface area contributed by atoms with Crippen molar-refractivity contribution in [2.24, 2.45) is 15.4 Å². The van der Waals surface area contributed by atoms with Crippen LogP contribution >= 0.6 is 34.8 Å². The average molecular weight is 1940 g/mol. The summed E-state index contributed by atoms with van der Waals surface area (Å²) in [6.07, 6.45) is -17.4. The number of primary sulfonamides is 3. The number of benzene rings is 8. The SMILES string of the molecule is CN1c2ccc(Cl)cc2C=C(C(=O)O)C1C(F)(F)F.COc1ccc(-c2cc(C(F)F)nn2-c2ccc(S(N)(=O)=O)cc2)cc1F.Cc1ccc(-c2cc(C(F)(F)F)nn2-c2ccc(S(N)(=O)=O)cc2)cc1.NS(=O)(=O)c1ccc(-c2c(-c3ccccc3)[nH]oc2=O)cc1.O=C(O)C1=Cc2cc(Cl)ccc2N[C@@H]1C(F)(F)F.O=C(O)C1=Cc2cc(Cl)cnc2NC1C(F)(F)F. The van der Waals surface area contributed by atoms with Crippen LogP contribution in [-0.2, 0) is 50.6 Å². The van der Waals surface area contributed by atoms with Gasteiger partial charge >= 0.3 is 48.2 Å². The number of ether oxygens (including phenoxy) is 1. The molecular weight excluding hydrogens is 1880 g/mol. The van der Waals surface area contributed by atoms with Gasteiger partial charge in [0, 0.05) is 56.9 Å². The van der Waals surface area contributed by atoms with E-state index in [1.165, 1.54) is 152 Å². The second-order valence-corrected chi connectivity index (χ2v) is 33.5. The Morgan fingerprint density at radius 3 is 1.47 bits per heavy atom. The van der Waals surface area contributed by atoms with Crippen molar-refractivity contribution in [3.63, 3.8) is 0 Å². The minimum atomic E-state index is -4.72. The van der Waals surface area contributed by atoms with Crippen LogP contribution in [0.4, 0.5) is 83.0 Å². The molecule has 48 heteroatoms. The van der Waals surface area contributed by atoms with Gasteiger partial charge in [-0.1, -0.05) is 107 Å². The standard InChI is InChI=1S/C17H14F3N3O3S.C17H14F3N3O2S.C15H12N2O4S.C12H9ClF3NO2.C11H7ClF3NO2.C10H6ClF3N2O2/c1-26-16-7-2-10(8-13(16)18)15-9-14(17(19)20)22-23(15)11-3-5-12(6-4-11)27(21,24)25;1-11-2-4-12(5-3-11)15-10-16(17(18,19)20)22-23(15)13-6-8-14(9-7-13)26(21,24)25;16-22(19,20)12-8-6-10(7-9-12)13-14(17-21-15(13)18)11-4-2-1-3-5-11;1-17-9-3-2-7(13)4-6(9)5-8(11(18)19)10(17)12(14,15)16;12-6-1-2-8-5(3-6)4-7(10(17)18)9(16-8)11(13,14)15;11-5-1-4-2-6(9(17)18)7(10(12,13)14)16-8(4)15-3-5/h2-9,17H,1H3,(H2,21,24,25);2-10H,1H3,(H2,21,24,25);1-9,17H,(H2,16,19,20);2-5,10H,1H3,(H,18,19);1-4,9,16H,(H,17,18);1-3,7H,(H,15,16)(H,17,18)/t;;;;9-;/m....0./s1. The maximum Gasteiger partial charge on any atom is 0.435 e. The number of hydrogen-bond donors (Lipinski definition) is 9. The number of sulfonamides is 3. The molecule has 684 valence electrons. The van der Waals surface area contributed by atoms with Crippen molar-refractivity contribution in [2.75, 3.05) is 29.7 Å². The van der Waals surface area contributed by atoms with E-state index >= 15 is 0 Å². The number of anilines is 3. The first-order valence-electron chi connectivity index (χ1n) is 36.2. The number of likely N-dealkylation sites (N-methyl/N-ethyl adjacent to an activating group) is 1. The summed E-state index contributed by atoms with van der Waals surface area (Å²) in [5.41, 5.74) is 2.09. The summed E-state index contributed by atoms with van der Waals surface area (Å²) in [6.45, 7) is 1.87. The van der Waals surface area contributed by atoms with Crippen LogP contribution in [0.2, 0.25) is 15.1 Å². The maximum absolute atomic E-state index is 14.0. The molecule has 12 N–H and O–H groups in total. The number of carboxylic acids is 3. The number of aromatic nitrogens is 6. The molecule has 0 bridgehead atoms. The van der Waals surface area contributed by atoms with E-state index in [4.69, 9.17) is 74.8 Å². The van der Waals surface area contributed by atoms with Crippen LogP contribution in [0.5, 0.6) is 5.75 Å². The molecule has 4 aromatic heterocycles. The summed E-state index contributed by atoms with van der Waals surface area (Å²) in [7, 11) is -9.05. The number of carbonyl (C=O) groups is 3. The molecule has 3 aliphatic heterocycles. The predicted octanol–water partition coefficient (Wildman–Crippen LogP) is 17.6. The fraction of sp³-hybridized carbons (Fsp3) is 0.134. The highest BCUT2D eigenvalue weighted by atomic mass is 35.5. The molecule has 0 saturated carbocycles. The van der Waals surface area contributed by atoms with E-state index in [0.717, 1.165) is 57.1 Å². The van der Waals surface area contributed by atoms with Gasteiger partial charge in [-0.15, -0.1) is 0 Å². The third kappa shape index (κ3) is 24.2. The van der Waals surface area contributed by atoms with Crippen molar-refractivity contribution in [1.82, 2.24) is 29.7 Å². The number of alkyl halides is 14. The van der Waals surface area contributed by atoms with E-state index in [-0.39, 0.29) is 65.3 Å². The summed E-state index contributed by atoms with van der Waals surface area (Å²) in [4.78, 5) is 49.0. The van der Waals surface area contributed by atoms with Crippen molar-refractivity contribution < 1.29 is 130 Å². The van der Waals surface area contributed by atoms with Crippen LogP contribution in [0.3, 0.4) is 0 Å². The Morgan fingerprint density at radius 2 is 0.985 bits per heavy atom. The molecule has 12 aromatic rings. The van der Waals surface area contributed by atoms with Crippen LogP contribution in [0.25, 0.3) is 74.5 Å². The van der Waals surface area contributed by atoms with Gasteiger partial charge in [-0.25, -0.2) is 92.5 Å². The number of H-pyrrole nitrogens is 1. The van der Waals surface area contributed by atoms with Crippen molar-refractivity contribution in [3.8, 4) is 62.0 Å². The highest BCUT2D eigenvalue weighted by Crippen LogP contribution is 2.43. The van der Waals surface area contributed by atoms with Gasteiger partial charge in [0.1, 0.15) is 11.5 Å². The lowest BCUT2D eigenvalue weighted by molar-refractivity contribution is -0.150. The van der Waals surface area contributed by atoms with E-state index in [2.05, 4.69) is 31.0 Å². The molecule has 0 radical (unpaired) electrons. The van der Waals surface area contributed by atoms with Gasteiger partial charge in [0.2, 0.25) is 30.1 Å². The van der Waals surface area contributed by atoms with E-state index in [0.29, 0.717) is 54.8 Å². The summed E-state index contributed by atoms with van der Waals surface area (Å²) in [5, 5.41) is 56.9. The molecule has 7 heterocycles. The van der Waals surface area contributed by atoms with E-state index in [1.807, 2.05) is 37.3 Å². The first-order chi connectivity index (χ1) is 60.5. The minimum Gasteiger partial charge on any atom is -0.494 e. The molecular formula is C82H62Cl3F15N12O15S3. The van der Waals surface area contributed by atoms with E-state index in [1.54, 1.807) is 24.3 Å². The lowest BCUT2D eigenvalue weighted by Crippen LogP contribution is -2.48. The Labute approximate surface area is 739 Å². The maximum atomic E-state index is 14.0. The lowest BCUT2D eigenvalue weighted by Gasteiger charge is -2.36. The fourth-order valence-corrected chi connectivity index (χ4v) is 14.6. The highest BCUT2D eigenvalue weighted by Gasteiger charge is 2.50. The van der Waals surface area contributed by atoms with Crippen molar-refractivity contribution >= 4 is 118 Å². The largest absolute Gasteiger partial charge is 0.494 e. The topological polar surface area (TPSA) is 423 Å². The monoisotopic (exact) mass is 1940 g/mol. The Kier molecular flexibility index (Phi) is 29.9. The zero-order valence-electron chi connectivity index (χ0n) is 65.9. The van der Waals surface area contributed by atoms with Gasteiger partial charge in [0.15, 0.2) is 35.4 Å². The highest BCUT2D eigenvalue weighted by molar-refractivity contribution is 7.89. The average Bonchev–Trinajstić information content (AvgIpc) is 1.06. The zero-order valence-corrected chi connectivity index (χ0v) is 70.6. The molecule has 8 aromatic carbocycles. The second kappa shape index (κ2) is 39.4. The zero-order chi connectivity index (χ0) is 96.0. The molecule has 15 rings (SSSR count). The summed E-state index contributed by atoms with van der Waals surface area (Å²) in [5.74, 6) is -5.56. The third-order valence-corrected chi connectivity index (χ3v) is 22.1. The van der Waals surface area contributed by atoms with Gasteiger partial charge in [-0.3, -0.25) is 0 Å². The lowest BCUT2D eigenvalue weighted by atomic mass is 9.95. The Hall–Kier alpha value is -13.3. The van der Waals surface area contributed by atoms with Gasteiger partial charge < -0.3 is 40.1 Å². The molecule has 27 nitrogen and oxygen atoms in total. The second-order valence-electron chi connectivity index (χ2n) is 27.5. The van der Waals surface area contributed by atoms with Crippen molar-refractivity contribution in [2.45, 2.75) is 70.9 Å². The van der Waals surface area contributed by atoms with Gasteiger partial charge in [-0.05, 0) is 175 Å². The van der Waals surface area contributed by atoms with Crippen molar-refractivity contribution in [3.05, 3.63) is 288 Å². The number of rotatable bonds is 14. The van der Waals surface area contributed by atoms with Gasteiger partial charge in [0.05, 0.1) is 77.6 Å². The number of halogens is 18. The van der Waals surface area contributed by atoms with E-state index < -0.39 is 137 Å². The number of nitrogens with zero attached hydrogens (tertiary/aromatic N) is 6. The summed E-state index contributed by atoms with van der Waals surface area (Å²) in [6, 6.07) is 41.6. The number of fused-ring (bicyclic) bond motifs is 3. The molecule has 130 heavy (non-hydrogen) atoms. The molecule has 3 atom stereocenters. The smallest absolute Gasteiger partial charge is 0.435 e. The molecule has 0 amide bonds. The summed E-state index contributed by atoms with van der Waals surface area (Å²) >= 11 is 17.1. The fourth-order valence-electron chi connectivity index (χ4n) is 12.6. The number of hydrogen-bond acceptors (Lipinski definition) is 18. The number of carboxylic acid groups (broad SMARTS) is 3. The number of pyridine rings is 1. The first-order valence-corrected chi connectivity index (χ1v) is 42.0. The quantitative estimate of drug-likeness (QED) is 0.0457. The molecule has 0 saturated heterocycles. The molecule has 0 aliphatic carbocycles. The number of aromatic amines is 1. The number of aliphatic carboxylic acids is 3.